The minimum Gasteiger partial charge on any atom is -0.481 e. The molecule has 0 bridgehead atoms. The highest BCUT2D eigenvalue weighted by atomic mass is 32.2. The number of carbonyl (C=O) groups is 1. The van der Waals surface area contributed by atoms with Gasteiger partial charge in [-0.05, 0) is 26.0 Å². The predicted molar refractivity (Wildman–Crippen MR) is 67.8 cm³/mol. The first kappa shape index (κ1) is 16.1. The molecule has 2 N–H and O–H groups in total. The number of nitrogens with zero attached hydrogens (tertiary/aromatic N) is 1. The average molecular weight is 300 g/mol. The number of carboxylic acids is 1. The van der Waals surface area contributed by atoms with Crippen molar-refractivity contribution in [1.82, 2.24) is 4.72 Å². The summed E-state index contributed by atoms with van der Waals surface area (Å²) in [7, 11) is -4.20. The standard InChI is InChI=1S/C12H13FN2O4S/c1-12(2,6-11(16)17)15-20(18,19)10-5-3-4-9(13)8(10)7-14/h3-5,15H,6H2,1-2H3,(H,16,17). The van der Waals surface area contributed by atoms with Gasteiger partial charge in [0.15, 0.2) is 0 Å². The zero-order valence-corrected chi connectivity index (χ0v) is 11.7. The highest BCUT2D eigenvalue weighted by molar-refractivity contribution is 7.89. The van der Waals surface area contributed by atoms with Crippen molar-refractivity contribution < 1.29 is 22.7 Å². The van der Waals surface area contributed by atoms with Crippen molar-refractivity contribution in [3.63, 3.8) is 0 Å². The first-order valence-corrected chi connectivity index (χ1v) is 7.02. The zero-order chi connectivity index (χ0) is 15.6. The van der Waals surface area contributed by atoms with Gasteiger partial charge in [-0.15, -0.1) is 0 Å². The van der Waals surface area contributed by atoms with E-state index in [1.54, 1.807) is 0 Å². The molecular weight excluding hydrogens is 287 g/mol. The fraction of sp³-hybridized carbons (Fsp3) is 0.333. The second-order valence-electron chi connectivity index (χ2n) is 4.78. The minimum absolute atomic E-state index is 0.455. The molecule has 8 heteroatoms. The predicted octanol–water partition coefficient (Wildman–Crippen LogP) is 1.23. The third-order valence-corrected chi connectivity index (χ3v) is 4.12. The molecular formula is C12H13FN2O4S. The summed E-state index contributed by atoms with van der Waals surface area (Å²) in [6, 6.07) is 4.70. The quantitative estimate of drug-likeness (QED) is 0.850. The summed E-state index contributed by atoms with van der Waals surface area (Å²) < 4.78 is 39.8. The summed E-state index contributed by atoms with van der Waals surface area (Å²) in [4.78, 5) is 10.2. The van der Waals surface area contributed by atoms with Crippen LogP contribution in [0.5, 0.6) is 0 Å². The number of hydrogen-bond donors (Lipinski definition) is 2. The summed E-state index contributed by atoms with van der Waals surface area (Å²) in [6.07, 6.45) is -0.455. The van der Waals surface area contributed by atoms with Gasteiger partial charge in [-0.3, -0.25) is 4.79 Å². The van der Waals surface area contributed by atoms with E-state index in [2.05, 4.69) is 4.72 Å². The number of aliphatic carboxylic acids is 1. The van der Waals surface area contributed by atoms with Crippen molar-refractivity contribution in [3.8, 4) is 6.07 Å². The van der Waals surface area contributed by atoms with Crippen LogP contribution in [0.25, 0.3) is 0 Å². The number of halogens is 1. The smallest absolute Gasteiger partial charge is 0.305 e. The van der Waals surface area contributed by atoms with Gasteiger partial charge in [0, 0.05) is 5.54 Å². The summed E-state index contributed by atoms with van der Waals surface area (Å²) in [5.41, 5.74) is -1.88. The summed E-state index contributed by atoms with van der Waals surface area (Å²) >= 11 is 0. The molecule has 1 aromatic rings. The molecule has 0 radical (unpaired) electrons. The monoisotopic (exact) mass is 300 g/mol. The number of nitrogens with one attached hydrogen (secondary N) is 1. The van der Waals surface area contributed by atoms with E-state index in [9.17, 15) is 17.6 Å². The molecule has 0 aliphatic heterocycles. The van der Waals surface area contributed by atoms with Crippen LogP contribution >= 0.6 is 0 Å². The average Bonchev–Trinajstić information content (AvgIpc) is 2.25. The third-order valence-electron chi connectivity index (χ3n) is 2.38. The van der Waals surface area contributed by atoms with Gasteiger partial charge in [0.05, 0.1) is 6.42 Å². The Morgan fingerprint density at radius 3 is 2.60 bits per heavy atom. The molecule has 0 aliphatic rings. The van der Waals surface area contributed by atoms with Gasteiger partial charge in [0.1, 0.15) is 22.3 Å². The van der Waals surface area contributed by atoms with E-state index in [0.29, 0.717) is 0 Å². The molecule has 1 aromatic carbocycles. The van der Waals surface area contributed by atoms with Gasteiger partial charge < -0.3 is 5.11 Å². The number of hydrogen-bond acceptors (Lipinski definition) is 4. The Hall–Kier alpha value is -1.98. The third kappa shape index (κ3) is 3.76. The highest BCUT2D eigenvalue weighted by Gasteiger charge is 2.30. The van der Waals surface area contributed by atoms with E-state index in [1.807, 2.05) is 0 Å². The molecule has 0 aliphatic carbocycles. The number of rotatable bonds is 5. The lowest BCUT2D eigenvalue weighted by molar-refractivity contribution is -0.138. The van der Waals surface area contributed by atoms with Crippen molar-refractivity contribution in [1.29, 1.82) is 5.26 Å². The van der Waals surface area contributed by atoms with Crippen LogP contribution in [0.3, 0.4) is 0 Å². The molecule has 20 heavy (non-hydrogen) atoms. The second kappa shape index (κ2) is 5.56. The van der Waals surface area contributed by atoms with Crippen molar-refractivity contribution in [2.45, 2.75) is 30.7 Å². The Kier molecular flexibility index (Phi) is 4.47. The van der Waals surface area contributed by atoms with E-state index >= 15 is 0 Å². The zero-order valence-electron chi connectivity index (χ0n) is 10.8. The first-order chi connectivity index (χ1) is 9.09. The van der Waals surface area contributed by atoms with E-state index in [1.165, 1.54) is 19.9 Å². The Balaban J connectivity index is 3.23. The van der Waals surface area contributed by atoms with E-state index in [4.69, 9.17) is 10.4 Å². The van der Waals surface area contributed by atoms with Gasteiger partial charge in [-0.1, -0.05) is 6.07 Å². The molecule has 0 amide bonds. The van der Waals surface area contributed by atoms with Crippen molar-refractivity contribution in [2.75, 3.05) is 0 Å². The van der Waals surface area contributed by atoms with Gasteiger partial charge in [-0.25, -0.2) is 17.5 Å². The molecule has 0 aromatic heterocycles. The molecule has 108 valence electrons. The lowest BCUT2D eigenvalue weighted by Gasteiger charge is -2.24. The summed E-state index contributed by atoms with van der Waals surface area (Å²) in [6.45, 7) is 2.76. The van der Waals surface area contributed by atoms with Crippen LogP contribution in [0.4, 0.5) is 4.39 Å². The Morgan fingerprint density at radius 2 is 2.10 bits per heavy atom. The lowest BCUT2D eigenvalue weighted by Crippen LogP contribution is -2.45. The van der Waals surface area contributed by atoms with Crippen molar-refractivity contribution in [2.24, 2.45) is 0 Å². The minimum atomic E-state index is -4.20. The van der Waals surface area contributed by atoms with Gasteiger partial charge in [-0.2, -0.15) is 5.26 Å². The Morgan fingerprint density at radius 1 is 1.50 bits per heavy atom. The topological polar surface area (TPSA) is 107 Å². The number of sulfonamides is 1. The van der Waals surface area contributed by atoms with Crippen LogP contribution < -0.4 is 4.72 Å². The fourth-order valence-electron chi connectivity index (χ4n) is 1.67. The number of benzene rings is 1. The van der Waals surface area contributed by atoms with Crippen molar-refractivity contribution in [3.05, 3.63) is 29.6 Å². The number of carboxylic acid groups (broad SMARTS) is 1. The maximum absolute atomic E-state index is 13.4. The van der Waals surface area contributed by atoms with Gasteiger partial charge >= 0.3 is 5.97 Å². The van der Waals surface area contributed by atoms with E-state index in [-0.39, 0.29) is 0 Å². The molecule has 0 spiro atoms. The fourth-order valence-corrected chi connectivity index (χ4v) is 3.25. The SMILES string of the molecule is CC(C)(CC(=O)O)NS(=O)(=O)c1cccc(F)c1C#N. The molecule has 0 heterocycles. The van der Waals surface area contributed by atoms with Gasteiger partial charge in [0.2, 0.25) is 10.0 Å². The van der Waals surface area contributed by atoms with Crippen LogP contribution in [0, 0.1) is 17.1 Å². The molecule has 0 unspecified atom stereocenters. The largest absolute Gasteiger partial charge is 0.481 e. The van der Waals surface area contributed by atoms with Crippen LogP contribution in [0.1, 0.15) is 25.8 Å². The molecule has 1 rings (SSSR count). The maximum Gasteiger partial charge on any atom is 0.305 e. The van der Waals surface area contributed by atoms with Crippen LogP contribution in [-0.4, -0.2) is 25.0 Å². The van der Waals surface area contributed by atoms with Crippen LogP contribution in [0.2, 0.25) is 0 Å². The summed E-state index contributed by atoms with van der Waals surface area (Å²) in [5, 5.41) is 17.5. The molecule has 0 atom stereocenters. The molecule has 0 saturated heterocycles. The molecule has 0 fully saturated rings. The Bertz CT molecular complexity index is 677. The van der Waals surface area contributed by atoms with Crippen LogP contribution in [0.15, 0.2) is 23.1 Å². The lowest BCUT2D eigenvalue weighted by atomic mass is 10.0. The maximum atomic E-state index is 13.4. The summed E-state index contributed by atoms with van der Waals surface area (Å²) in [5.74, 6) is -2.14. The van der Waals surface area contributed by atoms with Crippen molar-refractivity contribution >= 4 is 16.0 Å². The molecule has 0 saturated carbocycles. The Labute approximate surface area is 115 Å². The van der Waals surface area contributed by atoms with Crippen LogP contribution in [-0.2, 0) is 14.8 Å². The van der Waals surface area contributed by atoms with Gasteiger partial charge in [0.25, 0.3) is 0 Å². The molecule has 6 nitrogen and oxygen atoms in total. The van der Waals surface area contributed by atoms with E-state index in [0.717, 1.165) is 18.2 Å². The normalized spacial score (nSPS) is 11.9. The second-order valence-corrected chi connectivity index (χ2v) is 6.44. The van der Waals surface area contributed by atoms with E-state index < -0.39 is 44.2 Å². The number of nitriles is 1. The first-order valence-electron chi connectivity index (χ1n) is 5.53. The highest BCUT2D eigenvalue weighted by Crippen LogP contribution is 2.20.